The molecular weight excluding hydrogens is 364 g/mol. The molecule has 2 rings (SSSR count). The Kier molecular flexibility index (Phi) is 3.87. The van der Waals surface area contributed by atoms with Gasteiger partial charge in [0.05, 0.1) is 13.3 Å². The second kappa shape index (κ2) is 5.24. The zero-order valence-corrected chi connectivity index (χ0v) is 12.9. The van der Waals surface area contributed by atoms with Crippen LogP contribution in [0.5, 0.6) is 5.75 Å². The molecule has 0 N–H and O–H groups in total. The molecule has 0 spiro atoms. The maximum Gasteiger partial charge on any atom is 0.216 e. The molecule has 0 amide bonds. The molecule has 0 bridgehead atoms. The molecule has 0 fully saturated rings. The van der Waals surface area contributed by atoms with Crippen molar-refractivity contribution in [1.82, 2.24) is 9.78 Å². The largest absolute Gasteiger partial charge is 0.493 e. The van der Waals surface area contributed by atoms with Gasteiger partial charge in [-0.3, -0.25) is 9.48 Å². The van der Waals surface area contributed by atoms with Crippen LogP contribution < -0.4 is 4.74 Å². The number of hydrogen-bond acceptors (Lipinski definition) is 3. The van der Waals surface area contributed by atoms with Crippen molar-refractivity contribution in [3.8, 4) is 5.75 Å². The summed E-state index contributed by atoms with van der Waals surface area (Å²) in [5.41, 5.74) is 0.988. The lowest BCUT2D eigenvalue weighted by Crippen LogP contribution is -2.10. The summed E-state index contributed by atoms with van der Waals surface area (Å²) in [5, 5.41) is 4.03. The second-order valence-corrected chi connectivity index (χ2v) is 5.41. The highest BCUT2D eigenvalue weighted by Gasteiger charge is 2.21. The summed E-state index contributed by atoms with van der Waals surface area (Å²) in [6, 6.07) is 5.44. The molecule has 0 aliphatic carbocycles. The number of carbonyl (C=O) groups is 1. The number of methoxy groups -OCH3 is 1. The van der Waals surface area contributed by atoms with Gasteiger partial charge in [-0.05, 0) is 18.2 Å². The third-order valence-corrected chi connectivity index (χ3v) is 3.70. The van der Waals surface area contributed by atoms with Gasteiger partial charge in [-0.25, -0.2) is 0 Å². The normalized spacial score (nSPS) is 10.4. The van der Waals surface area contributed by atoms with Crippen LogP contribution in [0.1, 0.15) is 16.1 Å². The quantitative estimate of drug-likeness (QED) is 0.776. The summed E-state index contributed by atoms with van der Waals surface area (Å²) in [6.45, 7) is 0. The molecule has 1 aromatic carbocycles. The number of ketones is 1. The average molecular weight is 374 g/mol. The van der Waals surface area contributed by atoms with Crippen LogP contribution in [-0.2, 0) is 7.05 Å². The fraction of sp³-hybridized carbons (Fsp3) is 0.167. The van der Waals surface area contributed by atoms with Gasteiger partial charge in [-0.2, -0.15) is 5.10 Å². The topological polar surface area (TPSA) is 44.1 Å². The van der Waals surface area contributed by atoms with Crippen molar-refractivity contribution in [2.75, 3.05) is 7.11 Å². The summed E-state index contributed by atoms with van der Waals surface area (Å²) in [6.07, 6.45) is 1.53. The highest BCUT2D eigenvalue weighted by atomic mass is 79.9. The lowest BCUT2D eigenvalue weighted by molar-refractivity contribution is 0.102. The zero-order valence-electron chi connectivity index (χ0n) is 9.78. The van der Waals surface area contributed by atoms with Crippen LogP contribution in [0.25, 0.3) is 0 Å². The Labute approximate surface area is 121 Å². The molecule has 0 aliphatic heterocycles. The van der Waals surface area contributed by atoms with E-state index >= 15 is 0 Å². The molecule has 0 aliphatic rings. The molecule has 0 saturated heterocycles. The highest BCUT2D eigenvalue weighted by molar-refractivity contribution is 9.11. The van der Waals surface area contributed by atoms with Gasteiger partial charge in [0.25, 0.3) is 0 Å². The molecule has 94 valence electrons. The number of ether oxygens (including phenoxy) is 1. The summed E-state index contributed by atoms with van der Waals surface area (Å²) in [7, 11) is 3.23. The van der Waals surface area contributed by atoms with Gasteiger partial charge >= 0.3 is 0 Å². The molecule has 6 heteroatoms. The summed E-state index contributed by atoms with van der Waals surface area (Å²) in [5.74, 6) is 0.328. The van der Waals surface area contributed by atoms with E-state index in [-0.39, 0.29) is 5.78 Å². The summed E-state index contributed by atoms with van der Waals surface area (Å²) >= 11 is 6.73. The van der Waals surface area contributed by atoms with Gasteiger partial charge in [0.1, 0.15) is 0 Å². The summed E-state index contributed by atoms with van der Waals surface area (Å²) < 4.78 is 8.23. The Morgan fingerprint density at radius 1 is 1.39 bits per heavy atom. The van der Waals surface area contributed by atoms with Crippen LogP contribution in [-0.4, -0.2) is 22.7 Å². The van der Waals surface area contributed by atoms with E-state index in [2.05, 4.69) is 37.0 Å². The molecule has 2 aromatic rings. The molecule has 1 heterocycles. The monoisotopic (exact) mass is 372 g/mol. The number of carbonyl (C=O) groups excluding carboxylic acids is 1. The third-order valence-electron chi connectivity index (χ3n) is 2.51. The first-order valence-electron chi connectivity index (χ1n) is 5.10. The standard InChI is InChI=1S/C12H10Br2N2O2/c1-16-11(10(18-2)6-15-16)12(17)8-5-7(13)3-4-9(8)14/h3-6H,1-2H3. The van der Waals surface area contributed by atoms with Gasteiger partial charge < -0.3 is 4.74 Å². The van der Waals surface area contributed by atoms with Crippen molar-refractivity contribution < 1.29 is 9.53 Å². The summed E-state index contributed by atoms with van der Waals surface area (Å²) in [4.78, 5) is 12.5. The lowest BCUT2D eigenvalue weighted by Gasteiger charge is -2.07. The van der Waals surface area contributed by atoms with Gasteiger partial charge in [0, 0.05) is 21.6 Å². The number of halogens is 2. The van der Waals surface area contributed by atoms with E-state index in [1.807, 2.05) is 12.1 Å². The van der Waals surface area contributed by atoms with Crippen molar-refractivity contribution >= 4 is 37.6 Å². The van der Waals surface area contributed by atoms with Crippen LogP contribution >= 0.6 is 31.9 Å². The SMILES string of the molecule is COc1cnn(C)c1C(=O)c1cc(Br)ccc1Br. The first-order valence-corrected chi connectivity index (χ1v) is 6.69. The molecule has 0 saturated carbocycles. The maximum atomic E-state index is 12.5. The Hall–Kier alpha value is -1.14. The van der Waals surface area contributed by atoms with E-state index in [4.69, 9.17) is 4.74 Å². The predicted octanol–water partition coefficient (Wildman–Crippen LogP) is 3.18. The number of aromatic nitrogens is 2. The Morgan fingerprint density at radius 3 is 2.78 bits per heavy atom. The molecule has 0 atom stereocenters. The average Bonchev–Trinajstić information content (AvgIpc) is 2.72. The van der Waals surface area contributed by atoms with E-state index in [9.17, 15) is 4.79 Å². The van der Waals surface area contributed by atoms with E-state index in [1.54, 1.807) is 13.1 Å². The van der Waals surface area contributed by atoms with E-state index in [0.717, 1.165) is 8.95 Å². The molecule has 18 heavy (non-hydrogen) atoms. The molecule has 0 unspecified atom stereocenters. The molecular formula is C12H10Br2N2O2. The van der Waals surface area contributed by atoms with Crippen LogP contribution in [0.3, 0.4) is 0 Å². The van der Waals surface area contributed by atoms with Crippen LogP contribution in [0.4, 0.5) is 0 Å². The minimum Gasteiger partial charge on any atom is -0.493 e. The van der Waals surface area contributed by atoms with E-state index in [1.165, 1.54) is 18.0 Å². The Balaban J connectivity index is 2.54. The minimum atomic E-state index is -0.139. The highest BCUT2D eigenvalue weighted by Crippen LogP contribution is 2.27. The second-order valence-electron chi connectivity index (χ2n) is 3.64. The first-order chi connectivity index (χ1) is 8.54. The van der Waals surface area contributed by atoms with Gasteiger partial charge in [-0.1, -0.05) is 31.9 Å². The smallest absolute Gasteiger partial charge is 0.216 e. The van der Waals surface area contributed by atoms with Crippen LogP contribution in [0.15, 0.2) is 33.3 Å². The van der Waals surface area contributed by atoms with E-state index in [0.29, 0.717) is 17.0 Å². The Morgan fingerprint density at radius 2 is 2.11 bits per heavy atom. The van der Waals surface area contributed by atoms with Crippen molar-refractivity contribution in [1.29, 1.82) is 0 Å². The number of rotatable bonds is 3. The number of hydrogen-bond donors (Lipinski definition) is 0. The first kappa shape index (κ1) is 13.3. The van der Waals surface area contributed by atoms with Crippen LogP contribution in [0.2, 0.25) is 0 Å². The molecule has 0 radical (unpaired) electrons. The van der Waals surface area contributed by atoms with Gasteiger partial charge in [-0.15, -0.1) is 0 Å². The van der Waals surface area contributed by atoms with Crippen molar-refractivity contribution in [3.05, 3.63) is 44.6 Å². The fourth-order valence-corrected chi connectivity index (χ4v) is 2.41. The zero-order chi connectivity index (χ0) is 13.3. The van der Waals surface area contributed by atoms with Gasteiger partial charge in [0.15, 0.2) is 11.4 Å². The molecule has 1 aromatic heterocycles. The molecule has 4 nitrogen and oxygen atoms in total. The number of benzene rings is 1. The predicted molar refractivity (Wildman–Crippen MR) is 75.0 cm³/mol. The fourth-order valence-electron chi connectivity index (χ4n) is 1.62. The third kappa shape index (κ3) is 2.35. The van der Waals surface area contributed by atoms with Gasteiger partial charge in [0.2, 0.25) is 5.78 Å². The Bertz CT molecular complexity index is 608. The maximum absolute atomic E-state index is 12.5. The number of aryl methyl sites for hydroxylation is 1. The minimum absolute atomic E-state index is 0.139. The van der Waals surface area contributed by atoms with Crippen molar-refractivity contribution in [2.45, 2.75) is 0 Å². The number of nitrogens with zero attached hydrogens (tertiary/aromatic N) is 2. The van der Waals surface area contributed by atoms with Crippen LogP contribution in [0, 0.1) is 0 Å². The lowest BCUT2D eigenvalue weighted by atomic mass is 10.1. The van der Waals surface area contributed by atoms with E-state index < -0.39 is 0 Å². The van der Waals surface area contributed by atoms with Crippen molar-refractivity contribution in [3.63, 3.8) is 0 Å². The van der Waals surface area contributed by atoms with Crippen molar-refractivity contribution in [2.24, 2.45) is 7.05 Å².